The lowest BCUT2D eigenvalue weighted by Crippen LogP contribution is -2.33. The molecular formula is C16H26N6O6S. The Morgan fingerprint density at radius 1 is 1.28 bits per heavy atom. The first-order chi connectivity index (χ1) is 13.7. The summed E-state index contributed by atoms with van der Waals surface area (Å²) in [6.07, 6.45) is -3.15. The maximum absolute atomic E-state index is 12.1. The zero-order chi connectivity index (χ0) is 21.3. The summed E-state index contributed by atoms with van der Waals surface area (Å²) < 4.78 is 33.6. The van der Waals surface area contributed by atoms with E-state index in [1.807, 2.05) is 0 Å². The molecule has 0 radical (unpaired) electrons. The van der Waals surface area contributed by atoms with Gasteiger partial charge in [0.05, 0.1) is 25.2 Å². The van der Waals surface area contributed by atoms with Crippen molar-refractivity contribution in [3.63, 3.8) is 0 Å². The Morgan fingerprint density at radius 3 is 2.59 bits per heavy atom. The summed E-state index contributed by atoms with van der Waals surface area (Å²) in [7, 11) is -1.85. The normalized spacial score (nSPS) is 25.2. The molecule has 13 heteroatoms. The first-order valence-corrected chi connectivity index (χ1v) is 10.8. The fourth-order valence-corrected chi connectivity index (χ4v) is 4.53. The highest BCUT2D eigenvalue weighted by Crippen LogP contribution is 2.32. The lowest BCUT2D eigenvalue weighted by molar-refractivity contribution is -0.0511. The van der Waals surface area contributed by atoms with Crippen LogP contribution in [0.2, 0.25) is 0 Å². The van der Waals surface area contributed by atoms with Gasteiger partial charge in [-0.25, -0.2) is 28.1 Å². The number of rotatable bonds is 8. The largest absolute Gasteiger partial charge is 0.394 e. The zero-order valence-corrected chi connectivity index (χ0v) is 17.2. The molecule has 3 heterocycles. The van der Waals surface area contributed by atoms with Gasteiger partial charge in [0.15, 0.2) is 23.2 Å². The average molecular weight is 430 g/mol. The first kappa shape index (κ1) is 21.8. The maximum Gasteiger partial charge on any atom is 0.212 e. The van der Waals surface area contributed by atoms with Crippen molar-refractivity contribution in [2.75, 3.05) is 24.7 Å². The molecular weight excluding hydrogens is 404 g/mol. The van der Waals surface area contributed by atoms with Crippen LogP contribution in [0.5, 0.6) is 0 Å². The molecule has 4 atom stereocenters. The van der Waals surface area contributed by atoms with Crippen LogP contribution in [0.25, 0.3) is 11.2 Å². The Bertz CT molecular complexity index is 964. The van der Waals surface area contributed by atoms with Crippen LogP contribution < -0.4 is 10.0 Å². The molecule has 0 aliphatic carbocycles. The average Bonchev–Trinajstić information content (AvgIpc) is 3.20. The van der Waals surface area contributed by atoms with Crippen LogP contribution in [0.15, 0.2) is 6.33 Å². The first-order valence-electron chi connectivity index (χ1n) is 9.17. The van der Waals surface area contributed by atoms with Crippen LogP contribution in [-0.2, 0) is 21.3 Å². The van der Waals surface area contributed by atoms with Crippen LogP contribution in [-0.4, -0.2) is 81.0 Å². The van der Waals surface area contributed by atoms with E-state index in [9.17, 15) is 23.7 Å². The second kappa shape index (κ2) is 8.45. The van der Waals surface area contributed by atoms with Crippen LogP contribution in [0.3, 0.4) is 0 Å². The number of nitrogens with zero attached hydrogens (tertiary/aromatic N) is 4. The van der Waals surface area contributed by atoms with Crippen LogP contribution in [0, 0.1) is 5.92 Å². The quantitative estimate of drug-likeness (QED) is 0.334. The Morgan fingerprint density at radius 2 is 2.00 bits per heavy atom. The number of anilines is 1. The SMILES string of the molecule is CNc1nc(CNS(=O)(=O)CC(C)C)nc2c1ncn2[C@@H]1O[C@H](CO)[C@@H](O)[C@H]1O. The van der Waals surface area contributed by atoms with Crippen molar-refractivity contribution in [1.29, 1.82) is 0 Å². The number of aliphatic hydroxyl groups is 3. The van der Waals surface area contributed by atoms with Gasteiger partial charge in [-0.1, -0.05) is 13.8 Å². The van der Waals surface area contributed by atoms with Crippen molar-refractivity contribution < 1.29 is 28.5 Å². The zero-order valence-electron chi connectivity index (χ0n) is 16.3. The Balaban J connectivity index is 1.93. The van der Waals surface area contributed by atoms with Gasteiger partial charge in [0.1, 0.15) is 24.1 Å². The van der Waals surface area contributed by atoms with E-state index in [4.69, 9.17) is 4.74 Å². The topological polar surface area (TPSA) is 172 Å². The molecule has 162 valence electrons. The monoisotopic (exact) mass is 430 g/mol. The third-order valence-electron chi connectivity index (χ3n) is 4.50. The van der Waals surface area contributed by atoms with Gasteiger partial charge in [-0.2, -0.15) is 0 Å². The highest BCUT2D eigenvalue weighted by atomic mass is 32.2. The fourth-order valence-electron chi connectivity index (χ4n) is 3.18. The maximum atomic E-state index is 12.1. The summed E-state index contributed by atoms with van der Waals surface area (Å²) >= 11 is 0. The molecule has 1 fully saturated rings. The number of aliphatic hydroxyl groups excluding tert-OH is 3. The molecule has 3 rings (SSSR count). The van der Waals surface area contributed by atoms with Gasteiger partial charge in [-0.3, -0.25) is 4.57 Å². The second-order valence-corrected chi connectivity index (χ2v) is 9.14. The molecule has 0 amide bonds. The van der Waals surface area contributed by atoms with Gasteiger partial charge in [-0.05, 0) is 5.92 Å². The van der Waals surface area contributed by atoms with Crippen molar-refractivity contribution in [3.05, 3.63) is 12.2 Å². The van der Waals surface area contributed by atoms with E-state index in [2.05, 4.69) is 25.0 Å². The highest BCUT2D eigenvalue weighted by molar-refractivity contribution is 7.89. The minimum atomic E-state index is -3.49. The summed E-state index contributed by atoms with van der Waals surface area (Å²) in [6.45, 7) is 3.03. The van der Waals surface area contributed by atoms with Crippen LogP contribution in [0.4, 0.5) is 5.82 Å². The lowest BCUT2D eigenvalue weighted by atomic mass is 10.1. The predicted molar refractivity (Wildman–Crippen MR) is 103 cm³/mol. The molecule has 2 aromatic heterocycles. The van der Waals surface area contributed by atoms with Crippen molar-refractivity contribution in [2.24, 2.45) is 5.92 Å². The third kappa shape index (κ3) is 4.49. The van der Waals surface area contributed by atoms with E-state index < -0.39 is 41.2 Å². The van der Waals surface area contributed by atoms with Gasteiger partial charge in [-0.15, -0.1) is 0 Å². The minimum absolute atomic E-state index is 0.0192. The van der Waals surface area contributed by atoms with Gasteiger partial charge in [0.2, 0.25) is 10.0 Å². The van der Waals surface area contributed by atoms with Gasteiger partial charge < -0.3 is 25.4 Å². The number of fused-ring (bicyclic) bond motifs is 1. The third-order valence-corrected chi connectivity index (χ3v) is 6.19. The highest BCUT2D eigenvalue weighted by Gasteiger charge is 2.44. The number of aromatic nitrogens is 4. The molecule has 0 unspecified atom stereocenters. The molecule has 0 bridgehead atoms. The minimum Gasteiger partial charge on any atom is -0.394 e. The number of hydrogen-bond donors (Lipinski definition) is 5. The number of nitrogens with one attached hydrogen (secondary N) is 2. The van der Waals surface area contributed by atoms with E-state index >= 15 is 0 Å². The van der Waals surface area contributed by atoms with E-state index in [1.54, 1.807) is 20.9 Å². The molecule has 1 aliphatic rings. The van der Waals surface area contributed by atoms with Crippen molar-refractivity contribution >= 4 is 27.0 Å². The van der Waals surface area contributed by atoms with Gasteiger partial charge in [0, 0.05) is 7.05 Å². The number of sulfonamides is 1. The van der Waals surface area contributed by atoms with E-state index in [1.165, 1.54) is 10.9 Å². The molecule has 0 spiro atoms. The molecule has 29 heavy (non-hydrogen) atoms. The summed E-state index contributed by atoms with van der Waals surface area (Å²) in [5.41, 5.74) is 0.677. The second-order valence-electron chi connectivity index (χ2n) is 7.29. The van der Waals surface area contributed by atoms with E-state index in [0.29, 0.717) is 11.3 Å². The van der Waals surface area contributed by atoms with Crippen molar-refractivity contribution in [3.8, 4) is 0 Å². The molecule has 12 nitrogen and oxygen atoms in total. The number of hydrogen-bond acceptors (Lipinski definition) is 10. The summed E-state index contributed by atoms with van der Waals surface area (Å²) in [5.74, 6) is 0.521. The molecule has 2 aromatic rings. The lowest BCUT2D eigenvalue weighted by Gasteiger charge is -2.17. The Kier molecular flexibility index (Phi) is 6.36. The summed E-state index contributed by atoms with van der Waals surface area (Å²) in [6, 6.07) is 0. The fraction of sp³-hybridized carbons (Fsp3) is 0.688. The Hall–Kier alpha value is -1.90. The number of imidazole rings is 1. The van der Waals surface area contributed by atoms with E-state index in [0.717, 1.165) is 0 Å². The molecule has 0 saturated carbocycles. The molecule has 1 aliphatic heterocycles. The summed E-state index contributed by atoms with van der Waals surface area (Å²) in [4.78, 5) is 12.9. The van der Waals surface area contributed by atoms with E-state index in [-0.39, 0.29) is 29.7 Å². The van der Waals surface area contributed by atoms with Gasteiger partial charge in [0.25, 0.3) is 0 Å². The molecule has 5 N–H and O–H groups in total. The van der Waals surface area contributed by atoms with Crippen LogP contribution >= 0.6 is 0 Å². The van der Waals surface area contributed by atoms with Gasteiger partial charge >= 0.3 is 0 Å². The summed E-state index contributed by atoms with van der Waals surface area (Å²) in [5, 5.41) is 32.5. The standard InChI is InChI=1S/C16H26N6O6S/c1-8(2)6-29(26,27)19-4-10-20-14(17-3)11-15(21-10)22(7-18-11)16-13(25)12(24)9(5-23)28-16/h7-9,12-13,16,19,23-25H,4-6H2,1-3H3,(H,17,20,21)/t9-,12-,13-,16-/m1/s1. The smallest absolute Gasteiger partial charge is 0.212 e. The van der Waals surface area contributed by atoms with Crippen molar-refractivity contribution in [1.82, 2.24) is 24.2 Å². The molecule has 0 aromatic carbocycles. The van der Waals surface area contributed by atoms with Crippen LogP contribution in [0.1, 0.15) is 25.9 Å². The molecule has 1 saturated heterocycles. The number of ether oxygens (including phenoxy) is 1. The predicted octanol–water partition coefficient (Wildman–Crippen LogP) is -1.45. The van der Waals surface area contributed by atoms with Crippen molar-refractivity contribution in [2.45, 2.75) is 44.9 Å². The Labute approximate surface area is 168 Å².